The van der Waals surface area contributed by atoms with E-state index in [0.29, 0.717) is 0 Å². The molecule has 0 saturated heterocycles. The van der Waals surface area contributed by atoms with Crippen LogP contribution in [-0.4, -0.2) is 25.4 Å². The Kier molecular flexibility index (Phi) is 3.98. The van der Waals surface area contributed by atoms with Gasteiger partial charge >= 0.3 is 0 Å². The molecule has 1 unspecified atom stereocenters. The quantitative estimate of drug-likeness (QED) is 0.862. The lowest BCUT2D eigenvalue weighted by atomic mass is 9.61. The molecule has 0 bridgehead atoms. The molecule has 0 saturated carbocycles. The molecule has 1 atom stereocenters. The first-order chi connectivity index (χ1) is 9.24. The molecule has 1 N–H and O–H groups in total. The summed E-state index contributed by atoms with van der Waals surface area (Å²) >= 11 is 0. The molecule has 1 aliphatic rings. The van der Waals surface area contributed by atoms with Crippen LogP contribution in [0.25, 0.3) is 0 Å². The van der Waals surface area contributed by atoms with Crippen LogP contribution in [0.5, 0.6) is 0 Å². The van der Waals surface area contributed by atoms with Gasteiger partial charge in [0.1, 0.15) is 0 Å². The maximum Gasteiger partial charge on any atom is 0.183 e. The van der Waals surface area contributed by atoms with Crippen molar-refractivity contribution in [2.24, 2.45) is 0 Å². The second-order valence-corrected chi connectivity index (χ2v) is 6.93. The zero-order chi connectivity index (χ0) is 15.1. The third-order valence-corrected chi connectivity index (χ3v) is 4.70. The Morgan fingerprint density at radius 2 is 1.70 bits per heavy atom. The molecule has 0 aromatic heterocycles. The van der Waals surface area contributed by atoms with Crippen LogP contribution in [0.15, 0.2) is 18.2 Å². The molecule has 3 heteroatoms. The van der Waals surface area contributed by atoms with Crippen LogP contribution in [0.4, 0.5) is 0 Å². The highest BCUT2D eigenvalue weighted by atomic mass is 16.7. The van der Waals surface area contributed by atoms with Crippen molar-refractivity contribution in [2.75, 3.05) is 14.2 Å². The standard InChI is InChI=1S/C17H26O3/c1-16(2)10-14(18)17(3,4)13-9-11(7-8-12(13)16)15(19-5)20-6/h7-9,14-15,18H,10H2,1-6H3. The Morgan fingerprint density at radius 1 is 1.10 bits per heavy atom. The van der Waals surface area contributed by atoms with Crippen molar-refractivity contribution in [1.29, 1.82) is 0 Å². The molecule has 1 aliphatic carbocycles. The van der Waals surface area contributed by atoms with Gasteiger partial charge in [-0.2, -0.15) is 0 Å². The van der Waals surface area contributed by atoms with Crippen LogP contribution in [-0.2, 0) is 20.3 Å². The molecule has 0 radical (unpaired) electrons. The van der Waals surface area contributed by atoms with E-state index in [0.717, 1.165) is 12.0 Å². The number of fused-ring (bicyclic) bond motifs is 1. The van der Waals surface area contributed by atoms with E-state index in [1.807, 2.05) is 0 Å². The van der Waals surface area contributed by atoms with Gasteiger partial charge in [0.05, 0.1) is 6.10 Å². The van der Waals surface area contributed by atoms with Gasteiger partial charge in [-0.05, 0) is 29.0 Å². The smallest absolute Gasteiger partial charge is 0.183 e. The summed E-state index contributed by atoms with van der Waals surface area (Å²) in [5, 5.41) is 10.5. The normalized spacial score (nSPS) is 23.7. The minimum absolute atomic E-state index is 0.0154. The molecule has 20 heavy (non-hydrogen) atoms. The maximum absolute atomic E-state index is 10.5. The van der Waals surface area contributed by atoms with Crippen molar-refractivity contribution in [3.05, 3.63) is 34.9 Å². The average Bonchev–Trinajstić information content (AvgIpc) is 2.38. The van der Waals surface area contributed by atoms with E-state index < -0.39 is 0 Å². The second-order valence-electron chi connectivity index (χ2n) is 6.93. The lowest BCUT2D eigenvalue weighted by Crippen LogP contribution is -2.45. The fraction of sp³-hybridized carbons (Fsp3) is 0.647. The fourth-order valence-electron chi connectivity index (χ4n) is 3.23. The number of aliphatic hydroxyl groups excluding tert-OH is 1. The van der Waals surface area contributed by atoms with E-state index in [1.54, 1.807) is 14.2 Å². The molecule has 3 nitrogen and oxygen atoms in total. The summed E-state index contributed by atoms with van der Waals surface area (Å²) in [6.45, 7) is 8.58. The third kappa shape index (κ3) is 2.39. The highest BCUT2D eigenvalue weighted by Gasteiger charge is 2.43. The zero-order valence-electron chi connectivity index (χ0n) is 13.4. The molecule has 1 aromatic rings. The fourth-order valence-corrected chi connectivity index (χ4v) is 3.23. The van der Waals surface area contributed by atoms with Crippen molar-refractivity contribution in [1.82, 2.24) is 0 Å². The van der Waals surface area contributed by atoms with E-state index in [2.05, 4.69) is 45.9 Å². The van der Waals surface area contributed by atoms with Crippen molar-refractivity contribution < 1.29 is 14.6 Å². The number of ether oxygens (including phenoxy) is 2. The minimum Gasteiger partial charge on any atom is -0.392 e. The summed E-state index contributed by atoms with van der Waals surface area (Å²) in [5.41, 5.74) is 3.22. The van der Waals surface area contributed by atoms with Gasteiger partial charge in [-0.25, -0.2) is 0 Å². The van der Waals surface area contributed by atoms with E-state index in [-0.39, 0.29) is 23.2 Å². The number of methoxy groups -OCH3 is 2. The number of aliphatic hydroxyl groups is 1. The van der Waals surface area contributed by atoms with Gasteiger partial charge in [0.25, 0.3) is 0 Å². The average molecular weight is 278 g/mol. The largest absolute Gasteiger partial charge is 0.392 e. The van der Waals surface area contributed by atoms with E-state index >= 15 is 0 Å². The van der Waals surface area contributed by atoms with Crippen molar-refractivity contribution in [3.63, 3.8) is 0 Å². The van der Waals surface area contributed by atoms with Gasteiger partial charge in [0.2, 0.25) is 0 Å². The lowest BCUT2D eigenvalue weighted by Gasteiger charge is -2.45. The molecule has 0 amide bonds. The van der Waals surface area contributed by atoms with Crippen LogP contribution >= 0.6 is 0 Å². The summed E-state index contributed by atoms with van der Waals surface area (Å²) < 4.78 is 10.7. The molecular formula is C17H26O3. The minimum atomic E-state index is -0.363. The molecular weight excluding hydrogens is 252 g/mol. The Labute approximate surface area is 121 Å². The van der Waals surface area contributed by atoms with Gasteiger partial charge in [-0.15, -0.1) is 0 Å². The van der Waals surface area contributed by atoms with Crippen LogP contribution in [0.3, 0.4) is 0 Å². The van der Waals surface area contributed by atoms with Gasteiger partial charge in [0.15, 0.2) is 6.29 Å². The molecule has 112 valence electrons. The highest BCUT2D eigenvalue weighted by molar-refractivity contribution is 5.45. The van der Waals surface area contributed by atoms with Crippen LogP contribution in [0, 0.1) is 0 Å². The molecule has 1 aromatic carbocycles. The lowest BCUT2D eigenvalue weighted by molar-refractivity contribution is -0.106. The van der Waals surface area contributed by atoms with Gasteiger partial charge in [0, 0.05) is 25.2 Å². The second kappa shape index (κ2) is 5.14. The van der Waals surface area contributed by atoms with Crippen molar-refractivity contribution >= 4 is 0 Å². The predicted molar refractivity (Wildman–Crippen MR) is 79.9 cm³/mol. The number of hydrogen-bond donors (Lipinski definition) is 1. The number of hydrogen-bond acceptors (Lipinski definition) is 3. The summed E-state index contributed by atoms with van der Waals surface area (Å²) in [7, 11) is 3.27. The first-order valence-corrected chi connectivity index (χ1v) is 7.12. The van der Waals surface area contributed by atoms with E-state index in [4.69, 9.17) is 9.47 Å². The first kappa shape index (κ1) is 15.5. The van der Waals surface area contributed by atoms with Crippen LogP contribution in [0.1, 0.15) is 57.1 Å². The van der Waals surface area contributed by atoms with Crippen molar-refractivity contribution in [3.8, 4) is 0 Å². The molecule has 0 heterocycles. The topological polar surface area (TPSA) is 38.7 Å². The molecule has 0 fully saturated rings. The van der Waals surface area contributed by atoms with Crippen LogP contribution in [0.2, 0.25) is 0 Å². The summed E-state index contributed by atoms with van der Waals surface area (Å²) in [4.78, 5) is 0. The maximum atomic E-state index is 10.5. The molecule has 2 rings (SSSR count). The SMILES string of the molecule is COC(OC)c1ccc2c(c1)C(C)(C)C(O)CC2(C)C. The Balaban J connectivity index is 2.58. The Morgan fingerprint density at radius 3 is 2.25 bits per heavy atom. The van der Waals surface area contributed by atoms with Gasteiger partial charge in [-0.3, -0.25) is 0 Å². The molecule has 0 aliphatic heterocycles. The first-order valence-electron chi connectivity index (χ1n) is 7.12. The van der Waals surface area contributed by atoms with Crippen molar-refractivity contribution in [2.45, 2.75) is 57.3 Å². The number of rotatable bonds is 3. The molecule has 0 spiro atoms. The zero-order valence-corrected chi connectivity index (χ0v) is 13.4. The summed E-state index contributed by atoms with van der Waals surface area (Å²) in [6.07, 6.45) is 0.0757. The monoisotopic (exact) mass is 278 g/mol. The van der Waals surface area contributed by atoms with Gasteiger partial charge < -0.3 is 14.6 Å². The summed E-state index contributed by atoms with van der Waals surface area (Å²) in [5.74, 6) is 0. The summed E-state index contributed by atoms with van der Waals surface area (Å²) in [6, 6.07) is 6.34. The Bertz CT molecular complexity index is 487. The van der Waals surface area contributed by atoms with E-state index in [1.165, 1.54) is 11.1 Å². The van der Waals surface area contributed by atoms with Gasteiger partial charge in [-0.1, -0.05) is 39.8 Å². The Hall–Kier alpha value is -0.900. The highest BCUT2D eigenvalue weighted by Crippen LogP contribution is 2.46. The van der Waals surface area contributed by atoms with Crippen LogP contribution < -0.4 is 0 Å². The van der Waals surface area contributed by atoms with E-state index in [9.17, 15) is 5.11 Å². The number of benzene rings is 1. The predicted octanol–water partition coefficient (Wildman–Crippen LogP) is 3.30. The third-order valence-electron chi connectivity index (χ3n) is 4.70.